The number of piperidine rings is 1. The van der Waals surface area contributed by atoms with Crippen LogP contribution >= 0.6 is 0 Å². The van der Waals surface area contributed by atoms with E-state index in [0.29, 0.717) is 24.4 Å². The average Bonchev–Trinajstić information content (AvgIpc) is 3.03. The number of aromatic nitrogens is 4. The van der Waals surface area contributed by atoms with E-state index in [-0.39, 0.29) is 17.9 Å². The van der Waals surface area contributed by atoms with E-state index in [1.807, 2.05) is 0 Å². The van der Waals surface area contributed by atoms with Crippen LogP contribution < -0.4 is 4.90 Å². The van der Waals surface area contributed by atoms with Crippen molar-refractivity contribution in [3.63, 3.8) is 0 Å². The number of hydrogen-bond donors (Lipinski definition) is 0. The van der Waals surface area contributed by atoms with Gasteiger partial charge in [0.15, 0.2) is 5.82 Å². The van der Waals surface area contributed by atoms with Crippen LogP contribution in [-0.2, 0) is 6.18 Å². The third kappa shape index (κ3) is 3.43. The number of pyridine rings is 1. The lowest BCUT2D eigenvalue weighted by Gasteiger charge is -2.33. The van der Waals surface area contributed by atoms with E-state index < -0.39 is 24.2 Å². The monoisotopic (exact) mass is 383 g/mol. The maximum absolute atomic E-state index is 13.7. The zero-order chi connectivity index (χ0) is 19.2. The molecule has 0 aliphatic carbocycles. The first-order valence-corrected chi connectivity index (χ1v) is 8.23. The second-order valence-electron chi connectivity index (χ2n) is 6.41. The third-order valence-electron chi connectivity index (χ3n) is 4.42. The summed E-state index contributed by atoms with van der Waals surface area (Å²) in [5, 5.41) is 0. The van der Waals surface area contributed by atoms with Gasteiger partial charge in [0.1, 0.15) is 17.2 Å². The zero-order valence-corrected chi connectivity index (χ0v) is 13.9. The highest BCUT2D eigenvalue weighted by Crippen LogP contribution is 2.32. The minimum Gasteiger partial charge on any atom is -0.350 e. The molecule has 4 heterocycles. The van der Waals surface area contributed by atoms with Crippen molar-refractivity contribution in [2.45, 2.75) is 24.9 Å². The molecule has 0 bridgehead atoms. The molecule has 3 aromatic rings. The number of rotatable bonds is 2. The van der Waals surface area contributed by atoms with Crippen molar-refractivity contribution in [3.05, 3.63) is 42.4 Å². The Bertz CT molecular complexity index is 981. The fourth-order valence-electron chi connectivity index (χ4n) is 3.12. The molecule has 0 saturated carbocycles. The first-order valence-electron chi connectivity index (χ1n) is 8.23. The predicted octanol–water partition coefficient (Wildman–Crippen LogP) is 4.05. The van der Waals surface area contributed by atoms with Crippen molar-refractivity contribution in [2.75, 3.05) is 18.0 Å². The maximum Gasteiger partial charge on any atom is 0.417 e. The Morgan fingerprint density at radius 1 is 1.07 bits per heavy atom. The third-order valence-corrected chi connectivity index (χ3v) is 4.42. The van der Waals surface area contributed by atoms with Gasteiger partial charge in [-0.1, -0.05) is 0 Å². The molecule has 3 aromatic heterocycles. The van der Waals surface area contributed by atoms with Gasteiger partial charge in [-0.15, -0.1) is 0 Å². The largest absolute Gasteiger partial charge is 0.417 e. The summed E-state index contributed by atoms with van der Waals surface area (Å²) in [6.45, 7) is -0.0216. The van der Waals surface area contributed by atoms with Gasteiger partial charge in [0, 0.05) is 25.4 Å². The molecule has 4 rings (SSSR count). The van der Waals surface area contributed by atoms with Gasteiger partial charge in [0.25, 0.3) is 5.92 Å². The molecular formula is C17H14F5N5. The summed E-state index contributed by atoms with van der Waals surface area (Å²) in [4.78, 5) is 13.9. The zero-order valence-electron chi connectivity index (χ0n) is 13.9. The van der Waals surface area contributed by atoms with Gasteiger partial charge in [-0.3, -0.25) is 4.40 Å². The number of anilines is 1. The maximum atomic E-state index is 13.7. The molecule has 27 heavy (non-hydrogen) atoms. The Labute approximate surface area is 150 Å². The molecule has 0 unspecified atom stereocenters. The lowest BCUT2D eigenvalue weighted by Crippen LogP contribution is -2.43. The van der Waals surface area contributed by atoms with E-state index in [9.17, 15) is 22.0 Å². The Morgan fingerprint density at radius 3 is 2.63 bits per heavy atom. The highest BCUT2D eigenvalue weighted by molar-refractivity contribution is 5.59. The van der Waals surface area contributed by atoms with Crippen LogP contribution in [0.25, 0.3) is 17.2 Å². The van der Waals surface area contributed by atoms with Crippen molar-refractivity contribution in [1.29, 1.82) is 0 Å². The normalized spacial score (nSPS) is 17.4. The molecule has 1 saturated heterocycles. The summed E-state index contributed by atoms with van der Waals surface area (Å²) in [7, 11) is 0. The van der Waals surface area contributed by atoms with Crippen molar-refractivity contribution in [1.82, 2.24) is 19.4 Å². The molecule has 0 radical (unpaired) electrons. The fraction of sp³-hybridized carbons (Fsp3) is 0.353. The predicted molar refractivity (Wildman–Crippen MR) is 87.6 cm³/mol. The molecule has 10 heteroatoms. The molecule has 1 aliphatic heterocycles. The van der Waals surface area contributed by atoms with Gasteiger partial charge < -0.3 is 4.90 Å². The smallest absolute Gasteiger partial charge is 0.350 e. The van der Waals surface area contributed by atoms with Crippen molar-refractivity contribution >= 4 is 11.5 Å². The number of halogens is 5. The quantitative estimate of drug-likeness (QED) is 0.627. The Kier molecular flexibility index (Phi) is 4.01. The van der Waals surface area contributed by atoms with Crippen LogP contribution in [0.4, 0.5) is 27.8 Å². The molecule has 0 spiro atoms. The summed E-state index contributed by atoms with van der Waals surface area (Å²) in [5.74, 6) is -2.37. The van der Waals surface area contributed by atoms with E-state index in [1.165, 1.54) is 33.8 Å². The summed E-state index contributed by atoms with van der Waals surface area (Å²) in [6.07, 6.45) is -0.663. The average molecular weight is 383 g/mol. The number of imidazole rings is 1. The van der Waals surface area contributed by atoms with E-state index in [2.05, 4.69) is 15.0 Å². The van der Waals surface area contributed by atoms with Crippen LogP contribution in [0, 0.1) is 0 Å². The highest BCUT2D eigenvalue weighted by atomic mass is 19.4. The van der Waals surface area contributed by atoms with Crippen LogP contribution in [0.5, 0.6) is 0 Å². The second kappa shape index (κ2) is 6.14. The van der Waals surface area contributed by atoms with Crippen molar-refractivity contribution < 1.29 is 22.0 Å². The lowest BCUT2D eigenvalue weighted by molar-refractivity contribution is -0.137. The van der Waals surface area contributed by atoms with E-state index in [4.69, 9.17) is 0 Å². The standard InChI is InChI=1S/C17H14F5N5/c18-16(19)5-1-7-26(10-16)14-4-6-23-15(25-14)12-8-24-13-3-2-11(9-27(12)13)17(20,21)22/h2-4,6,8-9H,1,5,7,10H2. The van der Waals surface area contributed by atoms with Gasteiger partial charge >= 0.3 is 6.18 Å². The fourth-order valence-corrected chi connectivity index (χ4v) is 3.12. The first-order chi connectivity index (χ1) is 12.7. The van der Waals surface area contributed by atoms with Gasteiger partial charge in [-0.2, -0.15) is 13.2 Å². The number of nitrogens with zero attached hydrogens (tertiary/aromatic N) is 5. The molecule has 5 nitrogen and oxygen atoms in total. The first kappa shape index (κ1) is 17.6. The molecule has 0 aromatic carbocycles. The summed E-state index contributed by atoms with van der Waals surface area (Å²) in [5.41, 5.74) is -0.278. The van der Waals surface area contributed by atoms with Crippen LogP contribution in [0.15, 0.2) is 36.8 Å². The minimum absolute atomic E-state index is 0.119. The summed E-state index contributed by atoms with van der Waals surface area (Å²) < 4.78 is 67.6. The van der Waals surface area contributed by atoms with E-state index >= 15 is 0 Å². The number of fused-ring (bicyclic) bond motifs is 1. The molecule has 142 valence electrons. The van der Waals surface area contributed by atoms with Crippen LogP contribution in [0.2, 0.25) is 0 Å². The summed E-state index contributed by atoms with van der Waals surface area (Å²) >= 11 is 0. The molecule has 1 fully saturated rings. The SMILES string of the molecule is FC1(F)CCCN(c2ccnc(-c3cnc4ccc(C(F)(F)F)cn34)n2)C1. The van der Waals surface area contributed by atoms with Gasteiger partial charge in [-0.25, -0.2) is 23.7 Å². The number of hydrogen-bond acceptors (Lipinski definition) is 4. The molecule has 0 amide bonds. The van der Waals surface area contributed by atoms with Gasteiger partial charge in [-0.05, 0) is 24.6 Å². The van der Waals surface area contributed by atoms with Crippen molar-refractivity contribution in [2.24, 2.45) is 0 Å². The summed E-state index contributed by atoms with van der Waals surface area (Å²) in [6, 6.07) is 3.70. The number of alkyl halides is 5. The molecule has 0 atom stereocenters. The molecule has 0 N–H and O–H groups in total. The van der Waals surface area contributed by atoms with Gasteiger partial charge in [0.05, 0.1) is 18.3 Å². The topological polar surface area (TPSA) is 46.3 Å². The lowest BCUT2D eigenvalue weighted by atomic mass is 10.1. The second-order valence-corrected chi connectivity index (χ2v) is 6.41. The van der Waals surface area contributed by atoms with Crippen LogP contribution in [-0.4, -0.2) is 38.4 Å². The Hall–Kier alpha value is -2.78. The molecular weight excluding hydrogens is 369 g/mol. The van der Waals surface area contributed by atoms with Crippen molar-refractivity contribution in [3.8, 4) is 11.5 Å². The van der Waals surface area contributed by atoms with E-state index in [1.54, 1.807) is 0 Å². The minimum atomic E-state index is -4.50. The Balaban J connectivity index is 1.74. The van der Waals surface area contributed by atoms with Gasteiger partial charge in [0.2, 0.25) is 0 Å². The molecule has 1 aliphatic rings. The van der Waals surface area contributed by atoms with E-state index in [0.717, 1.165) is 12.3 Å². The van der Waals surface area contributed by atoms with Crippen LogP contribution in [0.1, 0.15) is 18.4 Å². The Morgan fingerprint density at radius 2 is 1.89 bits per heavy atom. The highest BCUT2D eigenvalue weighted by Gasteiger charge is 2.36. The van der Waals surface area contributed by atoms with Crippen LogP contribution in [0.3, 0.4) is 0 Å².